The Kier molecular flexibility index (Phi) is 5.89. The lowest BCUT2D eigenvalue weighted by molar-refractivity contribution is 0.178. The minimum Gasteiger partial charge on any atom is -0.299 e. The number of thiophene rings is 1. The first-order chi connectivity index (χ1) is 11.5. The van der Waals surface area contributed by atoms with E-state index in [-0.39, 0.29) is 4.21 Å². The summed E-state index contributed by atoms with van der Waals surface area (Å²) in [6.07, 6.45) is 5.66. The topological polar surface area (TPSA) is 62.3 Å². The SMILES string of the molecule is O=S(=O)(NCC1CCN(Cc2cccnc2)CC1)c1ccc(Cl)s1. The smallest absolute Gasteiger partial charge is 0.250 e. The highest BCUT2D eigenvalue weighted by molar-refractivity contribution is 7.91. The molecule has 1 saturated heterocycles. The Balaban J connectivity index is 1.46. The zero-order chi connectivity index (χ0) is 17.0. The van der Waals surface area contributed by atoms with E-state index in [1.807, 2.05) is 12.3 Å². The van der Waals surface area contributed by atoms with Crippen LogP contribution in [0.3, 0.4) is 0 Å². The molecule has 5 nitrogen and oxygen atoms in total. The molecule has 1 aliphatic rings. The Bertz CT molecular complexity index is 757. The van der Waals surface area contributed by atoms with Gasteiger partial charge < -0.3 is 0 Å². The molecule has 3 rings (SSSR count). The van der Waals surface area contributed by atoms with Gasteiger partial charge >= 0.3 is 0 Å². The van der Waals surface area contributed by atoms with Crippen LogP contribution < -0.4 is 4.72 Å². The molecule has 0 radical (unpaired) electrons. The number of hydrogen-bond donors (Lipinski definition) is 1. The Morgan fingerprint density at radius 2 is 2.08 bits per heavy atom. The van der Waals surface area contributed by atoms with E-state index in [1.54, 1.807) is 18.3 Å². The lowest BCUT2D eigenvalue weighted by Gasteiger charge is -2.31. The molecular formula is C16H20ClN3O2S2. The molecule has 0 aliphatic carbocycles. The summed E-state index contributed by atoms with van der Waals surface area (Å²) in [5, 5.41) is 0. The van der Waals surface area contributed by atoms with E-state index in [9.17, 15) is 8.42 Å². The Morgan fingerprint density at radius 3 is 2.71 bits per heavy atom. The van der Waals surface area contributed by atoms with Crippen molar-refractivity contribution in [2.45, 2.75) is 23.6 Å². The highest BCUT2D eigenvalue weighted by Crippen LogP contribution is 2.26. The van der Waals surface area contributed by atoms with Crippen molar-refractivity contribution in [1.29, 1.82) is 0 Å². The molecule has 1 fully saturated rings. The van der Waals surface area contributed by atoms with Crippen LogP contribution in [0.2, 0.25) is 4.34 Å². The van der Waals surface area contributed by atoms with Crippen molar-refractivity contribution in [1.82, 2.24) is 14.6 Å². The number of nitrogens with zero attached hydrogens (tertiary/aromatic N) is 2. The number of piperidine rings is 1. The predicted octanol–water partition coefficient (Wildman–Crippen LogP) is 2.99. The first-order valence-electron chi connectivity index (χ1n) is 7.89. The lowest BCUT2D eigenvalue weighted by atomic mass is 9.97. The van der Waals surface area contributed by atoms with E-state index in [1.165, 1.54) is 5.56 Å². The number of aromatic nitrogens is 1. The summed E-state index contributed by atoms with van der Waals surface area (Å²) in [5.41, 5.74) is 1.21. The summed E-state index contributed by atoms with van der Waals surface area (Å²) >= 11 is 6.90. The molecule has 24 heavy (non-hydrogen) atoms. The van der Waals surface area contributed by atoms with Crippen molar-refractivity contribution in [2.75, 3.05) is 19.6 Å². The van der Waals surface area contributed by atoms with Crippen LogP contribution in [0.4, 0.5) is 0 Å². The van der Waals surface area contributed by atoms with Crippen LogP contribution in [-0.2, 0) is 16.6 Å². The van der Waals surface area contributed by atoms with E-state index < -0.39 is 10.0 Å². The third-order valence-electron chi connectivity index (χ3n) is 4.21. The van der Waals surface area contributed by atoms with Crippen molar-refractivity contribution in [3.8, 4) is 0 Å². The van der Waals surface area contributed by atoms with Gasteiger partial charge in [0, 0.05) is 25.5 Å². The Morgan fingerprint density at radius 1 is 1.29 bits per heavy atom. The van der Waals surface area contributed by atoms with Gasteiger partial charge in [0.2, 0.25) is 10.0 Å². The zero-order valence-electron chi connectivity index (χ0n) is 13.2. The highest BCUT2D eigenvalue weighted by atomic mass is 35.5. The molecule has 0 atom stereocenters. The fourth-order valence-electron chi connectivity index (χ4n) is 2.84. The van der Waals surface area contributed by atoms with E-state index in [0.717, 1.165) is 43.8 Å². The second-order valence-corrected chi connectivity index (χ2v) is 9.70. The summed E-state index contributed by atoms with van der Waals surface area (Å²) in [6.45, 7) is 3.34. The van der Waals surface area contributed by atoms with Gasteiger partial charge in [-0.05, 0) is 55.6 Å². The van der Waals surface area contributed by atoms with Crippen LogP contribution in [-0.4, -0.2) is 37.9 Å². The molecule has 0 aromatic carbocycles. The minimum atomic E-state index is -3.44. The summed E-state index contributed by atoms with van der Waals surface area (Å²) in [6, 6.07) is 7.19. The maximum atomic E-state index is 12.2. The molecule has 2 aromatic rings. The van der Waals surface area contributed by atoms with E-state index in [4.69, 9.17) is 11.6 Å². The van der Waals surface area contributed by atoms with Gasteiger partial charge in [0.1, 0.15) is 4.21 Å². The van der Waals surface area contributed by atoms with Crippen LogP contribution in [0.25, 0.3) is 0 Å². The molecule has 0 saturated carbocycles. The molecule has 8 heteroatoms. The highest BCUT2D eigenvalue weighted by Gasteiger charge is 2.22. The quantitative estimate of drug-likeness (QED) is 0.830. The zero-order valence-corrected chi connectivity index (χ0v) is 15.6. The standard InChI is InChI=1S/C16H20ClN3O2S2/c17-15-3-4-16(23-15)24(21,22)19-11-13-5-8-20(9-6-13)12-14-2-1-7-18-10-14/h1-4,7,10,13,19H,5-6,8-9,11-12H2. The Hall–Kier alpha value is -0.990. The number of nitrogens with one attached hydrogen (secondary N) is 1. The molecule has 1 aliphatic heterocycles. The summed E-state index contributed by atoms with van der Waals surface area (Å²) in [4.78, 5) is 6.53. The number of rotatable bonds is 6. The average molecular weight is 386 g/mol. The van der Waals surface area contributed by atoms with Gasteiger partial charge in [0.15, 0.2) is 0 Å². The number of halogens is 1. The third-order valence-corrected chi connectivity index (χ3v) is 7.36. The molecule has 0 spiro atoms. The second kappa shape index (κ2) is 7.93. The predicted molar refractivity (Wildman–Crippen MR) is 96.8 cm³/mol. The van der Waals surface area contributed by atoms with Gasteiger partial charge in [-0.3, -0.25) is 9.88 Å². The molecule has 1 N–H and O–H groups in total. The van der Waals surface area contributed by atoms with Crippen LogP contribution in [0.5, 0.6) is 0 Å². The van der Waals surface area contributed by atoms with Gasteiger partial charge in [-0.25, -0.2) is 13.1 Å². The van der Waals surface area contributed by atoms with E-state index in [2.05, 4.69) is 20.7 Å². The molecule has 3 heterocycles. The van der Waals surface area contributed by atoms with Crippen LogP contribution in [0, 0.1) is 5.92 Å². The summed E-state index contributed by atoms with van der Waals surface area (Å²) in [5.74, 6) is 0.375. The van der Waals surface area contributed by atoms with Gasteiger partial charge in [-0.15, -0.1) is 11.3 Å². The molecule has 130 valence electrons. The summed E-state index contributed by atoms with van der Waals surface area (Å²) in [7, 11) is -3.44. The van der Waals surface area contributed by atoms with Crippen molar-refractivity contribution < 1.29 is 8.42 Å². The monoisotopic (exact) mass is 385 g/mol. The number of hydrogen-bond acceptors (Lipinski definition) is 5. The van der Waals surface area contributed by atoms with Crippen LogP contribution in [0.15, 0.2) is 40.9 Å². The van der Waals surface area contributed by atoms with E-state index in [0.29, 0.717) is 16.8 Å². The largest absolute Gasteiger partial charge is 0.299 e. The second-order valence-electron chi connectivity index (χ2n) is 5.99. The van der Waals surface area contributed by atoms with Crippen molar-refractivity contribution in [3.63, 3.8) is 0 Å². The van der Waals surface area contributed by atoms with Crippen LogP contribution in [0.1, 0.15) is 18.4 Å². The molecule has 2 aromatic heterocycles. The maximum absolute atomic E-state index is 12.2. The van der Waals surface area contributed by atoms with Crippen LogP contribution >= 0.6 is 22.9 Å². The number of pyridine rings is 1. The fourth-order valence-corrected chi connectivity index (χ4v) is 5.48. The maximum Gasteiger partial charge on any atom is 0.250 e. The number of likely N-dealkylation sites (tertiary alicyclic amines) is 1. The summed E-state index contributed by atoms with van der Waals surface area (Å²) < 4.78 is 27.9. The van der Waals surface area contributed by atoms with Crippen molar-refractivity contribution in [2.24, 2.45) is 5.92 Å². The molecule has 0 amide bonds. The van der Waals surface area contributed by atoms with E-state index >= 15 is 0 Å². The van der Waals surface area contributed by atoms with Gasteiger partial charge in [-0.1, -0.05) is 17.7 Å². The fraction of sp³-hybridized carbons (Fsp3) is 0.438. The Labute approximate surface area is 151 Å². The average Bonchev–Trinajstić information content (AvgIpc) is 3.03. The first-order valence-corrected chi connectivity index (χ1v) is 10.6. The molecule has 0 bridgehead atoms. The van der Waals surface area contributed by atoms with Gasteiger partial charge in [0.25, 0.3) is 0 Å². The number of sulfonamides is 1. The molecular weight excluding hydrogens is 366 g/mol. The van der Waals surface area contributed by atoms with Crippen molar-refractivity contribution >= 4 is 33.0 Å². The first kappa shape index (κ1) is 17.8. The molecule has 0 unspecified atom stereocenters. The minimum absolute atomic E-state index is 0.279. The third kappa shape index (κ3) is 4.77. The van der Waals surface area contributed by atoms with Crippen molar-refractivity contribution in [3.05, 3.63) is 46.6 Å². The normalized spacial score (nSPS) is 17.2. The lowest BCUT2D eigenvalue weighted by Crippen LogP contribution is -2.38. The van der Waals surface area contributed by atoms with Gasteiger partial charge in [-0.2, -0.15) is 0 Å². The van der Waals surface area contributed by atoms with Gasteiger partial charge in [0.05, 0.1) is 4.34 Å².